The summed E-state index contributed by atoms with van der Waals surface area (Å²) in [6.45, 7) is 14.4. The van der Waals surface area contributed by atoms with Gasteiger partial charge < -0.3 is 0 Å². The van der Waals surface area contributed by atoms with Gasteiger partial charge in [-0.15, -0.1) is 0 Å². The van der Waals surface area contributed by atoms with Crippen LogP contribution < -0.4 is 0 Å². The van der Waals surface area contributed by atoms with Gasteiger partial charge in [-0.1, -0.05) is 0 Å². The Morgan fingerprint density at radius 1 is 0.500 bits per heavy atom. The van der Waals surface area contributed by atoms with Crippen LogP contribution in [-0.4, -0.2) is 36.8 Å². The average Bonchev–Trinajstić information content (AvgIpc) is 2.45. The Balaban J connectivity index is 4.72. The van der Waals surface area contributed by atoms with E-state index in [1.165, 1.54) is 26.6 Å². The predicted molar refractivity (Wildman–Crippen MR) is 92.7 cm³/mol. The number of rotatable bonds is 9. The molecule has 0 aromatic carbocycles. The molecule has 0 nitrogen and oxygen atoms in total. The van der Waals surface area contributed by atoms with Crippen molar-refractivity contribution >= 4 is 36.8 Å². The molecule has 0 aromatic rings. The van der Waals surface area contributed by atoms with Crippen LogP contribution in [0.1, 0.15) is 41.5 Å². The fourth-order valence-corrected chi connectivity index (χ4v) is 18.3. The van der Waals surface area contributed by atoms with E-state index >= 15 is 0 Å². The quantitative estimate of drug-likeness (QED) is 0.282. The average molecular weight is 464 g/mol. The maximum absolute atomic E-state index is 2.67. The van der Waals surface area contributed by atoms with E-state index in [-0.39, 0.29) is 0 Å². The summed E-state index contributed by atoms with van der Waals surface area (Å²) in [6, 6.07) is 0. The molecule has 0 radical (unpaired) electrons. The van der Waals surface area contributed by atoms with E-state index < -0.39 is 36.8 Å². The SMILES string of the molecule is C[CH2][Sn]([CH]=CC=[CH][Sn]([CH2]C)([CH2]C)[CH2]C)([CH2]C)[CH2]C. The first-order valence-electron chi connectivity index (χ1n) is 7.94. The van der Waals surface area contributed by atoms with Gasteiger partial charge in [0.1, 0.15) is 0 Å². The van der Waals surface area contributed by atoms with Crippen LogP contribution in [-0.2, 0) is 0 Å². The number of allylic oxidation sites excluding steroid dienone is 2. The zero-order valence-electron chi connectivity index (χ0n) is 13.6. The molecule has 0 unspecified atom stereocenters. The molecule has 0 fully saturated rings. The van der Waals surface area contributed by atoms with E-state index in [9.17, 15) is 0 Å². The molecule has 2 heteroatoms. The third-order valence-corrected chi connectivity index (χ3v) is 34.5. The summed E-state index contributed by atoms with van der Waals surface area (Å²) in [7, 11) is 0. The Kier molecular flexibility index (Phi) is 10.5. The van der Waals surface area contributed by atoms with Crippen molar-refractivity contribution in [3.63, 3.8) is 0 Å². The van der Waals surface area contributed by atoms with Crippen LogP contribution in [0, 0.1) is 0 Å². The molecule has 0 saturated heterocycles. The molecule has 0 rings (SSSR count). The number of hydrogen-bond donors (Lipinski definition) is 0. The van der Waals surface area contributed by atoms with Crippen LogP contribution in [0.2, 0.25) is 26.6 Å². The summed E-state index contributed by atoms with van der Waals surface area (Å²) in [6.07, 6.45) is 4.86. The van der Waals surface area contributed by atoms with Crippen molar-refractivity contribution in [1.29, 1.82) is 0 Å². The fourth-order valence-electron chi connectivity index (χ4n) is 2.73. The van der Waals surface area contributed by atoms with Crippen molar-refractivity contribution in [1.82, 2.24) is 0 Å². The Bertz CT molecular complexity index is 214. The molecule has 0 aromatic heterocycles. The van der Waals surface area contributed by atoms with E-state index in [4.69, 9.17) is 0 Å². The zero-order chi connectivity index (χ0) is 14.1. The van der Waals surface area contributed by atoms with Gasteiger partial charge in [0.25, 0.3) is 0 Å². The van der Waals surface area contributed by atoms with Crippen LogP contribution in [0.3, 0.4) is 0 Å². The van der Waals surface area contributed by atoms with Gasteiger partial charge in [-0.2, -0.15) is 0 Å². The van der Waals surface area contributed by atoms with Gasteiger partial charge in [-0.25, -0.2) is 0 Å². The first kappa shape index (κ1) is 19.1. The summed E-state index contributed by atoms with van der Waals surface area (Å²) < 4.78 is 14.1. The molecule has 0 aliphatic carbocycles. The summed E-state index contributed by atoms with van der Waals surface area (Å²) in [4.78, 5) is 0. The summed E-state index contributed by atoms with van der Waals surface area (Å²) in [5.41, 5.74) is 0. The molecule has 18 heavy (non-hydrogen) atoms. The molecule has 0 spiro atoms. The second kappa shape index (κ2) is 9.90. The van der Waals surface area contributed by atoms with E-state index in [1.807, 2.05) is 0 Å². The van der Waals surface area contributed by atoms with Gasteiger partial charge >= 0.3 is 125 Å². The molecule has 0 aliphatic rings. The van der Waals surface area contributed by atoms with Crippen LogP contribution in [0.5, 0.6) is 0 Å². The van der Waals surface area contributed by atoms with E-state index in [0.717, 1.165) is 0 Å². The Labute approximate surface area is 124 Å². The predicted octanol–water partition coefficient (Wildman–Crippen LogP) is 6.19. The molecule has 0 amide bonds. The molecule has 0 aliphatic heterocycles. The van der Waals surface area contributed by atoms with Crippen molar-refractivity contribution in [3.05, 3.63) is 20.3 Å². The molecular formula is C16H34Sn2. The van der Waals surface area contributed by atoms with E-state index in [0.29, 0.717) is 0 Å². The molecule has 0 heterocycles. The minimum absolute atomic E-state index is 1.47. The van der Waals surface area contributed by atoms with Gasteiger partial charge in [0.05, 0.1) is 0 Å². The molecule has 0 N–H and O–H groups in total. The third-order valence-electron chi connectivity index (χ3n) is 5.24. The van der Waals surface area contributed by atoms with Crippen molar-refractivity contribution in [2.45, 2.75) is 68.2 Å². The van der Waals surface area contributed by atoms with Gasteiger partial charge in [-0.05, 0) is 0 Å². The second-order valence-corrected chi connectivity index (χ2v) is 35.1. The molecule has 0 atom stereocenters. The van der Waals surface area contributed by atoms with Crippen molar-refractivity contribution in [2.24, 2.45) is 0 Å². The van der Waals surface area contributed by atoms with Gasteiger partial charge in [0.2, 0.25) is 0 Å². The standard InChI is InChI=1S/C4H4.6C2H5.2Sn/c1-3-4-2;6*1-2;;/h1-4H;6*1H2,2H3;;. The maximum atomic E-state index is 2.67. The summed E-state index contributed by atoms with van der Waals surface area (Å²) in [5, 5.41) is 0. The van der Waals surface area contributed by atoms with Crippen molar-refractivity contribution < 1.29 is 0 Å². The van der Waals surface area contributed by atoms with Gasteiger partial charge in [0, 0.05) is 0 Å². The minimum atomic E-state index is -1.82. The topological polar surface area (TPSA) is 0 Å². The van der Waals surface area contributed by atoms with E-state index in [2.05, 4.69) is 61.9 Å². The van der Waals surface area contributed by atoms with Gasteiger partial charge in [0.15, 0.2) is 0 Å². The Morgan fingerprint density at radius 3 is 0.889 bits per heavy atom. The van der Waals surface area contributed by atoms with Crippen LogP contribution in [0.15, 0.2) is 20.3 Å². The normalized spacial score (nSPS) is 13.9. The van der Waals surface area contributed by atoms with Crippen molar-refractivity contribution in [3.8, 4) is 0 Å². The third kappa shape index (κ3) is 5.60. The van der Waals surface area contributed by atoms with Gasteiger partial charge in [-0.3, -0.25) is 0 Å². The molecule has 106 valence electrons. The monoisotopic (exact) mass is 466 g/mol. The molecule has 0 saturated carbocycles. The second-order valence-electron chi connectivity index (χ2n) is 5.56. The van der Waals surface area contributed by atoms with E-state index in [1.54, 1.807) is 0 Å². The zero-order valence-corrected chi connectivity index (χ0v) is 19.3. The summed E-state index contributed by atoms with van der Waals surface area (Å²) in [5.74, 6) is 0. The first-order valence-corrected chi connectivity index (χ1v) is 23.3. The molecular weight excluding hydrogens is 430 g/mol. The van der Waals surface area contributed by atoms with Crippen LogP contribution in [0.25, 0.3) is 0 Å². The Hall–Kier alpha value is 1.08. The Morgan fingerprint density at radius 2 is 0.722 bits per heavy atom. The molecule has 0 bridgehead atoms. The number of hydrogen-bond acceptors (Lipinski definition) is 0. The first-order chi connectivity index (χ1) is 8.57. The van der Waals surface area contributed by atoms with Crippen LogP contribution >= 0.6 is 0 Å². The summed E-state index contributed by atoms with van der Waals surface area (Å²) >= 11 is -3.63. The van der Waals surface area contributed by atoms with Crippen LogP contribution in [0.4, 0.5) is 0 Å². The fraction of sp³-hybridized carbons (Fsp3) is 0.750. The van der Waals surface area contributed by atoms with Crippen molar-refractivity contribution in [2.75, 3.05) is 0 Å².